The van der Waals surface area contributed by atoms with Gasteiger partial charge in [0.2, 0.25) is 5.91 Å². The molecule has 0 atom stereocenters. The number of fused-ring (bicyclic) bond motifs is 1. The molecule has 35 heavy (non-hydrogen) atoms. The van der Waals surface area contributed by atoms with E-state index in [1.807, 2.05) is 30.3 Å². The molecule has 5 aromatic rings. The van der Waals surface area contributed by atoms with Gasteiger partial charge in [-0.3, -0.25) is 4.79 Å². The van der Waals surface area contributed by atoms with Gasteiger partial charge in [0, 0.05) is 28.8 Å². The highest BCUT2D eigenvalue weighted by Crippen LogP contribution is 2.34. The summed E-state index contributed by atoms with van der Waals surface area (Å²) in [6.45, 7) is 0. The van der Waals surface area contributed by atoms with Gasteiger partial charge in [0.05, 0.1) is 10.0 Å². The van der Waals surface area contributed by atoms with Crippen molar-refractivity contribution in [1.82, 2.24) is 4.98 Å². The van der Waals surface area contributed by atoms with Crippen molar-refractivity contribution >= 4 is 63.6 Å². The summed E-state index contributed by atoms with van der Waals surface area (Å²) in [6, 6.07) is 21.7. The lowest BCUT2D eigenvalue weighted by molar-refractivity contribution is -0.111. The number of rotatable bonds is 6. The summed E-state index contributed by atoms with van der Waals surface area (Å²) in [5.41, 5.74) is 3.62. The number of carbonyl (C=O) groups excluding carboxylic acids is 1. The van der Waals surface area contributed by atoms with E-state index in [9.17, 15) is 4.79 Å². The Kier molecular flexibility index (Phi) is 6.64. The molecule has 2 heterocycles. The van der Waals surface area contributed by atoms with Crippen molar-refractivity contribution in [2.24, 2.45) is 0 Å². The monoisotopic (exact) mass is 522 g/mol. The zero-order valence-electron chi connectivity index (χ0n) is 18.1. The largest absolute Gasteiger partial charge is 0.457 e. The van der Waals surface area contributed by atoms with Gasteiger partial charge in [-0.1, -0.05) is 53.0 Å². The number of carbonyl (C=O) groups is 1. The Morgan fingerprint density at radius 3 is 2.60 bits per heavy atom. The molecule has 1 N–H and O–H groups in total. The zero-order valence-corrected chi connectivity index (χ0v) is 20.4. The number of benzene rings is 3. The van der Waals surface area contributed by atoms with Crippen LogP contribution in [0.1, 0.15) is 17.2 Å². The van der Waals surface area contributed by atoms with Crippen LogP contribution >= 0.6 is 34.8 Å². The number of hydrogen-bond acceptors (Lipinski definition) is 4. The number of amides is 1. The van der Waals surface area contributed by atoms with E-state index in [4.69, 9.17) is 43.6 Å². The Bertz CT molecular complexity index is 1550. The van der Waals surface area contributed by atoms with Gasteiger partial charge >= 0.3 is 0 Å². The van der Waals surface area contributed by atoms with Crippen LogP contribution in [-0.4, -0.2) is 10.9 Å². The second-order valence-electron chi connectivity index (χ2n) is 7.72. The van der Waals surface area contributed by atoms with Gasteiger partial charge in [-0.2, -0.15) is 0 Å². The van der Waals surface area contributed by atoms with Crippen molar-refractivity contribution in [3.8, 4) is 11.3 Å². The number of nitrogens with zero attached hydrogens (tertiary/aromatic N) is 1. The third-order valence-corrected chi connectivity index (χ3v) is 6.28. The highest BCUT2D eigenvalue weighted by atomic mass is 35.5. The van der Waals surface area contributed by atoms with Crippen LogP contribution in [0.3, 0.4) is 0 Å². The Morgan fingerprint density at radius 2 is 1.77 bits per heavy atom. The molecular formula is C27H17Cl3N2O3. The summed E-state index contributed by atoms with van der Waals surface area (Å²) < 4.78 is 11.6. The minimum absolute atomic E-state index is 0.312. The molecule has 5 rings (SSSR count). The lowest BCUT2D eigenvalue weighted by Crippen LogP contribution is -2.07. The maximum atomic E-state index is 12.4. The molecule has 5 nitrogen and oxygen atoms in total. The van der Waals surface area contributed by atoms with E-state index < -0.39 is 0 Å². The summed E-state index contributed by atoms with van der Waals surface area (Å²) in [6.07, 6.45) is 3.51. The van der Waals surface area contributed by atoms with E-state index in [0.29, 0.717) is 61.3 Å². The predicted molar refractivity (Wildman–Crippen MR) is 140 cm³/mol. The van der Waals surface area contributed by atoms with Crippen molar-refractivity contribution in [3.63, 3.8) is 0 Å². The molecule has 3 aromatic carbocycles. The number of oxazole rings is 1. The summed E-state index contributed by atoms with van der Waals surface area (Å²) in [4.78, 5) is 17.0. The van der Waals surface area contributed by atoms with Crippen LogP contribution in [0.5, 0.6) is 0 Å². The van der Waals surface area contributed by atoms with Gasteiger partial charge in [-0.25, -0.2) is 4.98 Å². The fourth-order valence-electron chi connectivity index (χ4n) is 3.53. The Labute approximate surface area is 215 Å². The zero-order chi connectivity index (χ0) is 24.4. The summed E-state index contributed by atoms with van der Waals surface area (Å²) >= 11 is 18.3. The molecular weight excluding hydrogens is 507 g/mol. The molecule has 0 aliphatic carbocycles. The molecule has 0 aliphatic heterocycles. The van der Waals surface area contributed by atoms with Crippen LogP contribution in [0.4, 0.5) is 5.69 Å². The second-order valence-corrected chi connectivity index (χ2v) is 8.94. The molecule has 0 saturated heterocycles. The lowest BCUT2D eigenvalue weighted by atomic mass is 10.1. The first kappa shape index (κ1) is 23.2. The molecule has 0 saturated carbocycles. The molecule has 2 aromatic heterocycles. The van der Waals surface area contributed by atoms with Gasteiger partial charge in [0.25, 0.3) is 0 Å². The molecule has 0 fully saturated rings. The molecule has 174 valence electrons. The van der Waals surface area contributed by atoms with Gasteiger partial charge < -0.3 is 14.2 Å². The van der Waals surface area contributed by atoms with Crippen LogP contribution in [0.2, 0.25) is 15.1 Å². The van der Waals surface area contributed by atoms with Crippen LogP contribution in [0, 0.1) is 0 Å². The van der Waals surface area contributed by atoms with Crippen LogP contribution in [0.25, 0.3) is 28.5 Å². The van der Waals surface area contributed by atoms with Crippen molar-refractivity contribution in [3.05, 3.63) is 111 Å². The van der Waals surface area contributed by atoms with Gasteiger partial charge in [-0.15, -0.1) is 0 Å². The van der Waals surface area contributed by atoms with E-state index in [-0.39, 0.29) is 5.91 Å². The van der Waals surface area contributed by atoms with E-state index in [0.717, 1.165) is 5.56 Å². The Hall–Kier alpha value is -3.51. The SMILES string of the molecule is O=C(/C=C/c1ccc(-c2cccc(Cl)c2Cl)o1)Nc1ccc2oc(Cc3ccc(Cl)cc3)nc2c1. The van der Waals surface area contributed by atoms with Crippen molar-refractivity contribution in [2.75, 3.05) is 5.32 Å². The number of halogens is 3. The highest BCUT2D eigenvalue weighted by molar-refractivity contribution is 6.43. The average Bonchev–Trinajstić information content (AvgIpc) is 3.47. The molecule has 0 unspecified atom stereocenters. The molecule has 8 heteroatoms. The number of hydrogen-bond donors (Lipinski definition) is 1. The summed E-state index contributed by atoms with van der Waals surface area (Å²) in [7, 11) is 0. The Morgan fingerprint density at radius 1 is 0.943 bits per heavy atom. The fourth-order valence-corrected chi connectivity index (χ4v) is 4.05. The minimum Gasteiger partial charge on any atom is -0.457 e. The van der Waals surface area contributed by atoms with E-state index in [1.165, 1.54) is 6.08 Å². The second kappa shape index (κ2) is 10.0. The van der Waals surface area contributed by atoms with Gasteiger partial charge in [0.1, 0.15) is 17.0 Å². The maximum Gasteiger partial charge on any atom is 0.248 e. The molecule has 0 bridgehead atoms. The number of furan rings is 1. The first-order chi connectivity index (χ1) is 16.9. The van der Waals surface area contributed by atoms with Crippen molar-refractivity contribution in [1.29, 1.82) is 0 Å². The first-order valence-electron chi connectivity index (χ1n) is 10.6. The van der Waals surface area contributed by atoms with Crippen LogP contribution < -0.4 is 5.32 Å². The molecule has 1 amide bonds. The standard InChI is InChI=1S/C27H17Cl3N2O3/c28-17-6-4-16(5-7-17)14-26-32-22-15-18(8-11-24(22)35-26)31-25(33)13-10-19-9-12-23(34-19)20-2-1-3-21(29)27(20)30/h1-13,15H,14H2,(H,31,33)/b13-10+. The Balaban J connectivity index is 1.25. The normalized spacial score (nSPS) is 11.4. The molecule has 0 radical (unpaired) electrons. The van der Waals surface area contributed by atoms with E-state index >= 15 is 0 Å². The van der Waals surface area contributed by atoms with Crippen LogP contribution in [-0.2, 0) is 11.2 Å². The number of nitrogens with one attached hydrogen (secondary N) is 1. The summed E-state index contributed by atoms with van der Waals surface area (Å²) in [5, 5.41) is 4.36. The predicted octanol–water partition coefficient (Wildman–Crippen LogP) is 8.29. The number of aromatic nitrogens is 1. The highest BCUT2D eigenvalue weighted by Gasteiger charge is 2.11. The quantitative estimate of drug-likeness (QED) is 0.227. The summed E-state index contributed by atoms with van der Waals surface area (Å²) in [5.74, 6) is 1.33. The fraction of sp³-hybridized carbons (Fsp3) is 0.0370. The van der Waals surface area contributed by atoms with Gasteiger partial charge in [0.15, 0.2) is 11.5 Å². The van der Waals surface area contributed by atoms with Crippen LogP contribution in [0.15, 0.2) is 87.7 Å². The van der Waals surface area contributed by atoms with E-state index in [2.05, 4.69) is 10.3 Å². The third kappa shape index (κ3) is 5.43. The molecule has 0 spiro atoms. The average molecular weight is 524 g/mol. The lowest BCUT2D eigenvalue weighted by Gasteiger charge is -2.02. The first-order valence-corrected chi connectivity index (χ1v) is 11.8. The van der Waals surface area contributed by atoms with E-state index in [1.54, 1.807) is 48.5 Å². The maximum absolute atomic E-state index is 12.4. The third-order valence-electron chi connectivity index (χ3n) is 5.21. The topological polar surface area (TPSA) is 68.3 Å². The number of anilines is 1. The minimum atomic E-state index is -0.312. The van der Waals surface area contributed by atoms with Crippen molar-refractivity contribution < 1.29 is 13.6 Å². The van der Waals surface area contributed by atoms with Crippen molar-refractivity contribution in [2.45, 2.75) is 6.42 Å². The molecule has 0 aliphatic rings. The van der Waals surface area contributed by atoms with Gasteiger partial charge in [-0.05, 0) is 66.2 Å². The smallest absolute Gasteiger partial charge is 0.248 e.